The van der Waals surface area contributed by atoms with E-state index in [1.807, 2.05) is 0 Å². The van der Waals surface area contributed by atoms with Gasteiger partial charge in [0.2, 0.25) is 10.0 Å². The number of benzene rings is 1. The number of sulfonamides is 1. The summed E-state index contributed by atoms with van der Waals surface area (Å²) < 4.78 is 38.0. The van der Waals surface area contributed by atoms with E-state index in [0.29, 0.717) is 5.33 Å². The fraction of sp³-hybridized carbons (Fsp3) is 0.333. The Balaban J connectivity index is 3.21. The lowest BCUT2D eigenvalue weighted by Gasteiger charge is -2.16. The summed E-state index contributed by atoms with van der Waals surface area (Å²) in [7, 11) is -2.31. The van der Waals surface area contributed by atoms with Crippen LogP contribution in [0, 0.1) is 5.82 Å². The van der Waals surface area contributed by atoms with Crippen molar-refractivity contribution in [3.8, 4) is 0 Å². The lowest BCUT2D eigenvalue weighted by atomic mass is 10.3. The van der Waals surface area contributed by atoms with E-state index in [0.717, 1.165) is 16.4 Å². The maximum Gasteiger partial charge on any atom is 0.244 e. The van der Waals surface area contributed by atoms with Crippen LogP contribution in [0.1, 0.15) is 0 Å². The van der Waals surface area contributed by atoms with Gasteiger partial charge in [0.25, 0.3) is 0 Å². The minimum Gasteiger partial charge on any atom is -0.207 e. The molecule has 0 aliphatic rings. The predicted molar refractivity (Wildman–Crippen MR) is 65.0 cm³/mol. The van der Waals surface area contributed by atoms with Crippen molar-refractivity contribution in [1.82, 2.24) is 4.31 Å². The van der Waals surface area contributed by atoms with Crippen molar-refractivity contribution in [3.63, 3.8) is 0 Å². The van der Waals surface area contributed by atoms with Crippen LogP contribution >= 0.6 is 27.5 Å². The highest BCUT2D eigenvalue weighted by Gasteiger charge is 2.23. The molecule has 0 heterocycles. The zero-order valence-corrected chi connectivity index (χ0v) is 11.6. The van der Waals surface area contributed by atoms with Crippen LogP contribution in [0.3, 0.4) is 0 Å². The van der Waals surface area contributed by atoms with Crippen molar-refractivity contribution in [2.75, 3.05) is 18.9 Å². The molecule has 0 bridgehead atoms. The Kier molecular flexibility index (Phi) is 4.73. The third kappa shape index (κ3) is 2.94. The zero-order valence-electron chi connectivity index (χ0n) is 8.45. The van der Waals surface area contributed by atoms with Crippen LogP contribution in [-0.4, -0.2) is 31.6 Å². The first-order chi connectivity index (χ1) is 7.39. The van der Waals surface area contributed by atoms with Crippen molar-refractivity contribution in [1.29, 1.82) is 0 Å². The predicted octanol–water partition coefficient (Wildman–Crippen LogP) is 2.49. The van der Waals surface area contributed by atoms with Gasteiger partial charge in [-0.05, 0) is 18.2 Å². The molecular formula is C9H10BrClFNO2S. The van der Waals surface area contributed by atoms with Gasteiger partial charge < -0.3 is 0 Å². The van der Waals surface area contributed by atoms with E-state index in [1.54, 1.807) is 0 Å². The highest BCUT2D eigenvalue weighted by atomic mass is 79.9. The molecule has 1 aromatic rings. The smallest absolute Gasteiger partial charge is 0.207 e. The summed E-state index contributed by atoms with van der Waals surface area (Å²) >= 11 is 8.88. The van der Waals surface area contributed by atoms with Crippen molar-refractivity contribution in [2.45, 2.75) is 4.90 Å². The van der Waals surface area contributed by atoms with E-state index in [2.05, 4.69) is 15.9 Å². The number of halogens is 3. The number of rotatable bonds is 4. The summed E-state index contributed by atoms with van der Waals surface area (Å²) in [4.78, 5) is -0.211. The fourth-order valence-electron chi connectivity index (χ4n) is 1.08. The van der Waals surface area contributed by atoms with E-state index in [1.165, 1.54) is 13.1 Å². The second-order valence-electron chi connectivity index (χ2n) is 3.09. The molecule has 0 unspecified atom stereocenters. The van der Waals surface area contributed by atoms with Crippen LogP contribution < -0.4 is 0 Å². The number of nitrogens with zero attached hydrogens (tertiary/aromatic N) is 1. The van der Waals surface area contributed by atoms with Crippen LogP contribution in [-0.2, 0) is 10.0 Å². The lowest BCUT2D eigenvalue weighted by molar-refractivity contribution is 0.488. The summed E-state index contributed by atoms with van der Waals surface area (Å²) in [6.07, 6.45) is 0. The molecule has 0 N–H and O–H groups in total. The Morgan fingerprint density at radius 1 is 1.50 bits per heavy atom. The first-order valence-electron chi connectivity index (χ1n) is 4.37. The van der Waals surface area contributed by atoms with E-state index < -0.39 is 15.8 Å². The SMILES string of the molecule is CN(CCBr)S(=O)(=O)c1cc(F)ccc1Cl. The molecule has 0 atom stereocenters. The minimum absolute atomic E-state index is 0.0165. The van der Waals surface area contributed by atoms with Crippen molar-refractivity contribution in [3.05, 3.63) is 29.0 Å². The Morgan fingerprint density at radius 3 is 2.69 bits per heavy atom. The van der Waals surface area contributed by atoms with Gasteiger partial charge in [0.05, 0.1) is 5.02 Å². The molecule has 0 spiro atoms. The Labute approximate surface area is 107 Å². The van der Waals surface area contributed by atoms with E-state index in [-0.39, 0.29) is 16.5 Å². The molecule has 1 rings (SSSR count). The second kappa shape index (κ2) is 5.44. The van der Waals surface area contributed by atoms with Gasteiger partial charge in [-0.3, -0.25) is 0 Å². The summed E-state index contributed by atoms with van der Waals surface area (Å²) in [6.45, 7) is 0.287. The molecule has 0 aliphatic carbocycles. The summed E-state index contributed by atoms with van der Waals surface area (Å²) in [6, 6.07) is 3.26. The zero-order chi connectivity index (χ0) is 12.3. The van der Waals surface area contributed by atoms with Crippen molar-refractivity contribution in [2.24, 2.45) is 0 Å². The number of hydrogen-bond donors (Lipinski definition) is 0. The molecule has 0 aromatic heterocycles. The summed E-state index contributed by atoms with van der Waals surface area (Å²) in [5.41, 5.74) is 0. The van der Waals surface area contributed by atoms with Crippen molar-refractivity contribution < 1.29 is 12.8 Å². The fourth-order valence-corrected chi connectivity index (χ4v) is 3.50. The van der Waals surface area contributed by atoms with Gasteiger partial charge in [0, 0.05) is 18.9 Å². The summed E-state index contributed by atoms with van der Waals surface area (Å²) in [5, 5.41) is 0.512. The van der Waals surface area contributed by atoms with Gasteiger partial charge >= 0.3 is 0 Å². The Bertz CT molecular complexity index is 480. The maximum absolute atomic E-state index is 13.0. The summed E-state index contributed by atoms with van der Waals surface area (Å²) in [5.74, 6) is -0.629. The quantitative estimate of drug-likeness (QED) is 0.796. The first-order valence-corrected chi connectivity index (χ1v) is 7.31. The minimum atomic E-state index is -3.72. The Hall–Kier alpha value is -0.170. The van der Waals surface area contributed by atoms with Gasteiger partial charge in [0.15, 0.2) is 0 Å². The van der Waals surface area contributed by atoms with Crippen molar-refractivity contribution >= 4 is 37.6 Å². The van der Waals surface area contributed by atoms with Crippen LogP contribution in [0.2, 0.25) is 5.02 Å². The highest BCUT2D eigenvalue weighted by molar-refractivity contribution is 9.09. The highest BCUT2D eigenvalue weighted by Crippen LogP contribution is 2.24. The molecule has 16 heavy (non-hydrogen) atoms. The lowest BCUT2D eigenvalue weighted by Crippen LogP contribution is -2.29. The topological polar surface area (TPSA) is 37.4 Å². The Morgan fingerprint density at radius 2 is 2.12 bits per heavy atom. The van der Waals surface area contributed by atoms with Gasteiger partial charge in [-0.15, -0.1) is 0 Å². The van der Waals surface area contributed by atoms with E-state index in [9.17, 15) is 12.8 Å². The largest absolute Gasteiger partial charge is 0.244 e. The monoisotopic (exact) mass is 329 g/mol. The molecule has 3 nitrogen and oxygen atoms in total. The molecule has 0 amide bonds. The third-order valence-corrected chi connectivity index (χ3v) is 4.67. The second-order valence-corrected chi connectivity index (χ2v) is 6.30. The van der Waals surface area contributed by atoms with Crippen LogP contribution in [0.25, 0.3) is 0 Å². The van der Waals surface area contributed by atoms with Crippen LogP contribution in [0.15, 0.2) is 23.1 Å². The average molecular weight is 331 g/mol. The molecule has 0 aliphatic heterocycles. The molecule has 1 aromatic carbocycles. The van der Waals surface area contributed by atoms with Crippen LogP contribution in [0.4, 0.5) is 4.39 Å². The van der Waals surface area contributed by atoms with Gasteiger partial charge in [-0.2, -0.15) is 0 Å². The average Bonchev–Trinajstić information content (AvgIpc) is 2.22. The molecule has 0 fully saturated rings. The molecule has 90 valence electrons. The maximum atomic E-state index is 13.0. The molecule has 0 radical (unpaired) electrons. The normalized spacial score (nSPS) is 12.1. The van der Waals surface area contributed by atoms with Crippen LogP contribution in [0.5, 0.6) is 0 Å². The standard InChI is InChI=1S/C9H10BrClFNO2S/c1-13(5-4-10)16(14,15)9-6-7(12)2-3-8(9)11/h2-3,6H,4-5H2,1H3. The number of hydrogen-bond acceptors (Lipinski definition) is 2. The molecule has 7 heteroatoms. The van der Waals surface area contributed by atoms with Gasteiger partial charge in [0.1, 0.15) is 10.7 Å². The van der Waals surface area contributed by atoms with Gasteiger partial charge in [-0.1, -0.05) is 27.5 Å². The first kappa shape index (κ1) is 13.9. The van der Waals surface area contributed by atoms with Gasteiger partial charge in [-0.25, -0.2) is 17.1 Å². The van der Waals surface area contributed by atoms with E-state index in [4.69, 9.17) is 11.6 Å². The molecule has 0 saturated heterocycles. The van der Waals surface area contributed by atoms with E-state index >= 15 is 0 Å². The molecule has 0 saturated carbocycles. The third-order valence-electron chi connectivity index (χ3n) is 1.98. The molecular weight excluding hydrogens is 321 g/mol. The number of alkyl halides is 1.